The summed E-state index contributed by atoms with van der Waals surface area (Å²) in [5.74, 6) is 0.569. The smallest absolute Gasteiger partial charge is 0.193 e. The Kier molecular flexibility index (Phi) is 15.2. The molecule has 0 amide bonds. The van der Waals surface area contributed by atoms with E-state index in [2.05, 4.69) is 64.7 Å². The third kappa shape index (κ3) is 10.3. The zero-order valence-corrected chi connectivity index (χ0v) is 21.2. The van der Waals surface area contributed by atoms with Gasteiger partial charge in [-0.2, -0.15) is 0 Å². The molecule has 0 aliphatic carbocycles. The average molecular weight is 438 g/mol. The fourth-order valence-corrected chi connectivity index (χ4v) is 6.06. The van der Waals surface area contributed by atoms with Crippen LogP contribution in [0.15, 0.2) is 0 Å². The summed E-state index contributed by atoms with van der Waals surface area (Å²) in [6.45, 7) is 21.7. The van der Waals surface area contributed by atoms with E-state index in [9.17, 15) is 4.79 Å². The number of hydrogen-bond acceptors (Lipinski definition) is 7. The Hall–Kier alpha value is 0.250. The molecule has 168 valence electrons. The molecular formula is C20H44N3O3PS. The van der Waals surface area contributed by atoms with Crippen molar-refractivity contribution in [3.8, 4) is 0 Å². The maximum Gasteiger partial charge on any atom is 0.193 e. The molecule has 0 aromatic heterocycles. The predicted octanol–water partition coefficient (Wildman–Crippen LogP) is 4.34. The van der Waals surface area contributed by atoms with Gasteiger partial charge in [-0.3, -0.25) is 4.79 Å². The fourth-order valence-electron chi connectivity index (χ4n) is 2.95. The third-order valence-electron chi connectivity index (χ3n) is 4.17. The largest absolute Gasteiger partial charge is 0.378 e. The summed E-state index contributed by atoms with van der Waals surface area (Å²) < 4.78 is 17.0. The van der Waals surface area contributed by atoms with Gasteiger partial charge in [-0.15, -0.1) is 0 Å². The lowest BCUT2D eigenvalue weighted by molar-refractivity contribution is -0.113. The molecule has 2 N–H and O–H groups in total. The van der Waals surface area contributed by atoms with Gasteiger partial charge in [0.1, 0.15) is 0 Å². The molecule has 0 saturated carbocycles. The second kappa shape index (κ2) is 15.1. The second-order valence-electron chi connectivity index (χ2n) is 8.14. The molecule has 0 saturated heterocycles. The minimum Gasteiger partial charge on any atom is -0.378 e. The molecule has 6 nitrogen and oxygen atoms in total. The Morgan fingerprint density at radius 2 is 1.32 bits per heavy atom. The molecular weight excluding hydrogens is 393 g/mol. The lowest BCUT2D eigenvalue weighted by atomic mass is 10.2. The van der Waals surface area contributed by atoms with E-state index in [1.54, 1.807) is 0 Å². The van der Waals surface area contributed by atoms with Crippen LogP contribution in [0.3, 0.4) is 0 Å². The molecule has 0 fully saturated rings. The average Bonchev–Trinajstić information content (AvgIpc) is 2.58. The Morgan fingerprint density at radius 1 is 0.857 bits per heavy atom. The first kappa shape index (κ1) is 28.2. The fraction of sp³-hybridized carbons (Fsp3) is 0.950. The highest BCUT2D eigenvalue weighted by molar-refractivity contribution is 8.13. The summed E-state index contributed by atoms with van der Waals surface area (Å²) in [5, 5.41) is 0.139. The number of thioether (sulfide) groups is 1. The minimum absolute atomic E-state index is 0.0898. The number of nitrogens with two attached hydrogens (primary N) is 1. The summed E-state index contributed by atoms with van der Waals surface area (Å²) >= 11 is 1.30. The van der Waals surface area contributed by atoms with Crippen molar-refractivity contribution in [1.82, 2.24) is 9.34 Å². The molecule has 0 aromatic rings. The quantitative estimate of drug-likeness (QED) is 0.302. The standard InChI is InChI=1S/C20H44N3O3PS/c1-15(2)22(16(3)4)27(23(17(5)6)18(7)8)26-11-10-25-12-13-28-20(24)19(9)14-21/h15-19H,10-14,21H2,1-9H3. The van der Waals surface area contributed by atoms with E-state index in [-0.39, 0.29) is 11.0 Å². The van der Waals surface area contributed by atoms with Crippen LogP contribution < -0.4 is 5.73 Å². The van der Waals surface area contributed by atoms with Crippen molar-refractivity contribution in [2.45, 2.75) is 86.5 Å². The molecule has 0 aromatic carbocycles. The van der Waals surface area contributed by atoms with Crippen LogP contribution in [0, 0.1) is 5.92 Å². The van der Waals surface area contributed by atoms with Gasteiger partial charge in [0.25, 0.3) is 0 Å². The monoisotopic (exact) mass is 437 g/mol. The molecule has 0 radical (unpaired) electrons. The number of ether oxygens (including phenoxy) is 1. The van der Waals surface area contributed by atoms with Crippen molar-refractivity contribution in [1.29, 1.82) is 0 Å². The normalized spacial score (nSPS) is 13.9. The van der Waals surface area contributed by atoms with E-state index in [1.807, 2.05) is 6.92 Å². The highest BCUT2D eigenvalue weighted by atomic mass is 32.2. The van der Waals surface area contributed by atoms with Crippen LogP contribution in [0.2, 0.25) is 0 Å². The number of nitrogens with zero attached hydrogens (tertiary/aromatic N) is 2. The van der Waals surface area contributed by atoms with E-state index in [4.69, 9.17) is 15.0 Å². The highest BCUT2D eigenvalue weighted by Crippen LogP contribution is 2.50. The van der Waals surface area contributed by atoms with Crippen LogP contribution in [0.5, 0.6) is 0 Å². The topological polar surface area (TPSA) is 68.0 Å². The summed E-state index contributed by atoms with van der Waals surface area (Å²) in [5.41, 5.74) is 5.52. The van der Waals surface area contributed by atoms with Gasteiger partial charge >= 0.3 is 0 Å². The molecule has 1 atom stereocenters. The molecule has 0 aliphatic rings. The van der Waals surface area contributed by atoms with Gasteiger partial charge in [0.05, 0.1) is 19.8 Å². The van der Waals surface area contributed by atoms with Crippen molar-refractivity contribution in [3.05, 3.63) is 0 Å². The lowest BCUT2D eigenvalue weighted by Gasteiger charge is -2.45. The van der Waals surface area contributed by atoms with Crippen molar-refractivity contribution in [2.24, 2.45) is 11.7 Å². The maximum absolute atomic E-state index is 11.8. The van der Waals surface area contributed by atoms with Gasteiger partial charge in [-0.05, 0) is 55.4 Å². The molecule has 0 aliphatic heterocycles. The Bertz CT molecular complexity index is 390. The summed E-state index contributed by atoms with van der Waals surface area (Å²) in [6, 6.07) is 1.61. The first-order valence-corrected chi connectivity index (χ1v) is 12.6. The molecule has 0 heterocycles. The van der Waals surface area contributed by atoms with E-state index in [0.29, 0.717) is 56.3 Å². The molecule has 1 unspecified atom stereocenters. The Labute approximate surface area is 179 Å². The van der Waals surface area contributed by atoms with Crippen LogP contribution >= 0.6 is 20.2 Å². The first-order valence-electron chi connectivity index (χ1n) is 10.5. The van der Waals surface area contributed by atoms with Crippen molar-refractivity contribution >= 4 is 25.3 Å². The number of carbonyl (C=O) groups is 1. The number of rotatable bonds is 15. The first-order chi connectivity index (χ1) is 13.0. The van der Waals surface area contributed by atoms with Crippen LogP contribution in [-0.4, -0.2) is 70.7 Å². The van der Waals surface area contributed by atoms with Gasteiger partial charge in [0.15, 0.2) is 13.6 Å². The van der Waals surface area contributed by atoms with E-state index in [1.165, 1.54) is 11.8 Å². The van der Waals surface area contributed by atoms with E-state index >= 15 is 0 Å². The molecule has 28 heavy (non-hydrogen) atoms. The highest BCUT2D eigenvalue weighted by Gasteiger charge is 2.34. The maximum atomic E-state index is 11.8. The van der Waals surface area contributed by atoms with Gasteiger partial charge in [0, 0.05) is 42.4 Å². The van der Waals surface area contributed by atoms with Crippen molar-refractivity contribution < 1.29 is 14.1 Å². The number of hydrogen-bond donors (Lipinski definition) is 1. The molecule has 8 heteroatoms. The van der Waals surface area contributed by atoms with Crippen LogP contribution in [0.1, 0.15) is 62.3 Å². The molecule has 0 spiro atoms. The van der Waals surface area contributed by atoms with Gasteiger partial charge in [0.2, 0.25) is 0 Å². The summed E-state index contributed by atoms with van der Waals surface area (Å²) in [6.07, 6.45) is 0. The van der Waals surface area contributed by atoms with Crippen molar-refractivity contribution in [2.75, 3.05) is 32.1 Å². The van der Waals surface area contributed by atoms with Crippen molar-refractivity contribution in [3.63, 3.8) is 0 Å². The Balaban J connectivity index is 4.63. The third-order valence-corrected chi connectivity index (χ3v) is 8.28. The molecule has 0 bridgehead atoms. The van der Waals surface area contributed by atoms with Gasteiger partial charge in [-0.25, -0.2) is 9.34 Å². The summed E-state index contributed by atoms with van der Waals surface area (Å²) in [4.78, 5) is 11.8. The second-order valence-corrected chi connectivity index (χ2v) is 10.9. The minimum atomic E-state index is -0.878. The zero-order chi connectivity index (χ0) is 21.9. The number of carbonyl (C=O) groups excluding carboxylic acids is 1. The van der Waals surface area contributed by atoms with Gasteiger partial charge < -0.3 is 15.0 Å². The van der Waals surface area contributed by atoms with Crippen LogP contribution in [-0.2, 0) is 14.1 Å². The zero-order valence-electron chi connectivity index (χ0n) is 19.5. The lowest BCUT2D eigenvalue weighted by Crippen LogP contribution is -2.43. The van der Waals surface area contributed by atoms with E-state index < -0.39 is 8.45 Å². The van der Waals surface area contributed by atoms with Crippen LogP contribution in [0.25, 0.3) is 0 Å². The van der Waals surface area contributed by atoms with Gasteiger partial charge in [-0.1, -0.05) is 18.7 Å². The van der Waals surface area contributed by atoms with Crippen LogP contribution in [0.4, 0.5) is 0 Å². The SMILES string of the molecule is CC(CN)C(=O)SCCOCCOP(N(C(C)C)C(C)C)N(C(C)C)C(C)C. The summed E-state index contributed by atoms with van der Waals surface area (Å²) in [7, 11) is -0.878. The molecule has 0 rings (SSSR count). The Morgan fingerprint density at radius 3 is 1.71 bits per heavy atom. The predicted molar refractivity (Wildman–Crippen MR) is 124 cm³/mol. The van der Waals surface area contributed by atoms with E-state index in [0.717, 1.165) is 0 Å².